The van der Waals surface area contributed by atoms with Crippen LogP contribution in [0.1, 0.15) is 5.56 Å². The number of hydrogen-bond donors (Lipinski definition) is 1. The zero-order valence-corrected chi connectivity index (χ0v) is 12.7. The normalized spacial score (nSPS) is 12.8. The minimum absolute atomic E-state index is 0. The molecule has 0 radical (unpaired) electrons. The van der Waals surface area contributed by atoms with Crippen LogP contribution in [0.2, 0.25) is 0 Å². The van der Waals surface area contributed by atoms with Gasteiger partial charge in [-0.15, -0.1) is 12.4 Å². The van der Waals surface area contributed by atoms with Crippen LogP contribution in [-0.2, 0) is 16.0 Å². The Morgan fingerprint density at radius 3 is 2.90 bits per heavy atom. The number of nitrogens with zero attached hydrogens (tertiary/aromatic N) is 1. The Hall–Kier alpha value is -1.30. The molecule has 6 heteroatoms. The topological polar surface area (TPSA) is 50.8 Å². The SMILES string of the molecule is COCCNCC(=O)N1CCc2cc(OC)ccc21.Cl. The van der Waals surface area contributed by atoms with Gasteiger partial charge in [-0.25, -0.2) is 0 Å². The zero-order valence-electron chi connectivity index (χ0n) is 11.8. The molecule has 1 amide bonds. The summed E-state index contributed by atoms with van der Waals surface area (Å²) < 4.78 is 10.1. The third-order valence-electron chi connectivity index (χ3n) is 3.24. The van der Waals surface area contributed by atoms with Gasteiger partial charge in [-0.1, -0.05) is 0 Å². The second-order valence-electron chi connectivity index (χ2n) is 4.46. The van der Waals surface area contributed by atoms with Gasteiger partial charge in [0.05, 0.1) is 20.3 Å². The van der Waals surface area contributed by atoms with E-state index in [9.17, 15) is 4.79 Å². The van der Waals surface area contributed by atoms with E-state index in [1.54, 1.807) is 14.2 Å². The molecule has 112 valence electrons. The fraction of sp³-hybridized carbons (Fsp3) is 0.500. The summed E-state index contributed by atoms with van der Waals surface area (Å²) in [6.45, 7) is 2.38. The number of nitrogens with one attached hydrogen (secondary N) is 1. The molecule has 1 N–H and O–H groups in total. The predicted molar refractivity (Wildman–Crippen MR) is 81.0 cm³/mol. The van der Waals surface area contributed by atoms with Gasteiger partial charge in [0.25, 0.3) is 0 Å². The molecule has 1 heterocycles. The minimum atomic E-state index is 0. The largest absolute Gasteiger partial charge is 0.497 e. The molecule has 0 saturated carbocycles. The Morgan fingerprint density at radius 1 is 1.40 bits per heavy atom. The standard InChI is InChI=1S/C14H20N2O3.ClH/c1-18-8-6-15-10-14(17)16-7-5-11-9-12(19-2)3-4-13(11)16;/h3-4,9,15H,5-8,10H2,1-2H3;1H. The van der Waals surface area contributed by atoms with E-state index in [0.29, 0.717) is 19.7 Å². The second-order valence-corrected chi connectivity index (χ2v) is 4.46. The van der Waals surface area contributed by atoms with Gasteiger partial charge in [-0.3, -0.25) is 4.79 Å². The summed E-state index contributed by atoms with van der Waals surface area (Å²) >= 11 is 0. The molecule has 2 rings (SSSR count). The van der Waals surface area contributed by atoms with Crippen LogP contribution in [0.5, 0.6) is 5.75 Å². The Labute approximate surface area is 125 Å². The molecule has 0 aromatic heterocycles. The number of halogens is 1. The van der Waals surface area contributed by atoms with Crippen molar-refractivity contribution in [3.8, 4) is 5.75 Å². The highest BCUT2D eigenvalue weighted by atomic mass is 35.5. The maximum absolute atomic E-state index is 12.1. The van der Waals surface area contributed by atoms with Gasteiger partial charge in [0.15, 0.2) is 0 Å². The number of carbonyl (C=O) groups is 1. The molecule has 5 nitrogen and oxygen atoms in total. The monoisotopic (exact) mass is 300 g/mol. The number of carbonyl (C=O) groups excluding carboxylic acids is 1. The molecule has 1 aromatic rings. The van der Waals surface area contributed by atoms with E-state index in [1.807, 2.05) is 23.1 Å². The molecule has 0 aliphatic carbocycles. The molecule has 0 spiro atoms. The number of fused-ring (bicyclic) bond motifs is 1. The minimum Gasteiger partial charge on any atom is -0.497 e. The fourth-order valence-corrected chi connectivity index (χ4v) is 2.23. The van der Waals surface area contributed by atoms with Crippen molar-refractivity contribution in [2.24, 2.45) is 0 Å². The maximum Gasteiger partial charge on any atom is 0.240 e. The average Bonchev–Trinajstić information content (AvgIpc) is 2.86. The van der Waals surface area contributed by atoms with Gasteiger partial charge in [0, 0.05) is 25.9 Å². The van der Waals surface area contributed by atoms with Crippen molar-refractivity contribution >= 4 is 24.0 Å². The number of hydrogen-bond acceptors (Lipinski definition) is 4. The van der Waals surface area contributed by atoms with Crippen LogP contribution in [0.25, 0.3) is 0 Å². The number of methoxy groups -OCH3 is 2. The van der Waals surface area contributed by atoms with E-state index in [0.717, 1.165) is 24.4 Å². The molecule has 0 saturated heterocycles. The molecule has 0 atom stereocenters. The summed E-state index contributed by atoms with van der Waals surface area (Å²) in [5.41, 5.74) is 2.17. The first kappa shape index (κ1) is 16.8. The first-order valence-corrected chi connectivity index (χ1v) is 6.43. The lowest BCUT2D eigenvalue weighted by Crippen LogP contribution is -2.38. The van der Waals surface area contributed by atoms with Crippen LogP contribution < -0.4 is 15.0 Å². The molecule has 0 fully saturated rings. The van der Waals surface area contributed by atoms with Gasteiger partial charge >= 0.3 is 0 Å². The van der Waals surface area contributed by atoms with Crippen molar-refractivity contribution in [3.63, 3.8) is 0 Å². The zero-order chi connectivity index (χ0) is 13.7. The van der Waals surface area contributed by atoms with Gasteiger partial charge in [-0.2, -0.15) is 0 Å². The quantitative estimate of drug-likeness (QED) is 0.803. The molecular weight excluding hydrogens is 280 g/mol. The summed E-state index contributed by atoms with van der Waals surface area (Å²) in [5, 5.41) is 3.08. The molecule has 1 aromatic carbocycles. The average molecular weight is 301 g/mol. The van der Waals surface area contributed by atoms with Gasteiger partial charge in [0.2, 0.25) is 5.91 Å². The number of benzene rings is 1. The summed E-state index contributed by atoms with van der Waals surface area (Å²) in [6.07, 6.45) is 0.885. The lowest BCUT2D eigenvalue weighted by Gasteiger charge is -2.17. The predicted octanol–water partition coefficient (Wildman–Crippen LogP) is 1.24. The Bertz CT molecular complexity index is 454. The van der Waals surface area contributed by atoms with E-state index in [-0.39, 0.29) is 18.3 Å². The Kier molecular flexibility index (Phi) is 6.78. The highest BCUT2D eigenvalue weighted by Crippen LogP contribution is 2.31. The van der Waals surface area contributed by atoms with E-state index in [1.165, 1.54) is 5.56 Å². The van der Waals surface area contributed by atoms with Crippen LogP contribution in [0.3, 0.4) is 0 Å². The van der Waals surface area contributed by atoms with E-state index >= 15 is 0 Å². The van der Waals surface area contributed by atoms with Crippen molar-refractivity contribution < 1.29 is 14.3 Å². The number of rotatable bonds is 6. The lowest BCUT2D eigenvalue weighted by atomic mass is 10.1. The first-order valence-electron chi connectivity index (χ1n) is 6.43. The van der Waals surface area contributed by atoms with E-state index in [2.05, 4.69) is 5.32 Å². The van der Waals surface area contributed by atoms with Crippen LogP contribution in [0, 0.1) is 0 Å². The molecule has 1 aliphatic heterocycles. The van der Waals surface area contributed by atoms with Gasteiger partial charge in [-0.05, 0) is 30.2 Å². The van der Waals surface area contributed by atoms with Crippen molar-refractivity contribution in [1.29, 1.82) is 0 Å². The molecule has 20 heavy (non-hydrogen) atoms. The number of amides is 1. The molecule has 0 unspecified atom stereocenters. The van der Waals surface area contributed by atoms with Crippen LogP contribution in [0.4, 0.5) is 5.69 Å². The summed E-state index contributed by atoms with van der Waals surface area (Å²) in [5.74, 6) is 0.936. The maximum atomic E-state index is 12.1. The third-order valence-corrected chi connectivity index (χ3v) is 3.24. The molecule has 0 bridgehead atoms. The third kappa shape index (κ3) is 3.85. The summed E-state index contributed by atoms with van der Waals surface area (Å²) in [7, 11) is 3.30. The van der Waals surface area contributed by atoms with Crippen molar-refractivity contribution in [3.05, 3.63) is 23.8 Å². The second kappa shape index (κ2) is 8.09. The van der Waals surface area contributed by atoms with Gasteiger partial charge < -0.3 is 19.7 Å². The Morgan fingerprint density at radius 2 is 2.20 bits per heavy atom. The highest BCUT2D eigenvalue weighted by Gasteiger charge is 2.24. The molecule has 1 aliphatic rings. The van der Waals surface area contributed by atoms with Crippen LogP contribution in [-0.4, -0.2) is 46.4 Å². The Balaban J connectivity index is 0.00000200. The number of ether oxygens (including phenoxy) is 2. The van der Waals surface area contributed by atoms with Crippen LogP contribution in [0.15, 0.2) is 18.2 Å². The first-order chi connectivity index (χ1) is 9.26. The number of anilines is 1. The lowest BCUT2D eigenvalue weighted by molar-refractivity contribution is -0.117. The smallest absolute Gasteiger partial charge is 0.240 e. The van der Waals surface area contributed by atoms with Crippen molar-refractivity contribution in [2.75, 3.05) is 45.4 Å². The van der Waals surface area contributed by atoms with Crippen molar-refractivity contribution in [2.45, 2.75) is 6.42 Å². The summed E-state index contributed by atoms with van der Waals surface area (Å²) in [4.78, 5) is 13.9. The summed E-state index contributed by atoms with van der Waals surface area (Å²) in [6, 6.07) is 5.85. The highest BCUT2D eigenvalue weighted by molar-refractivity contribution is 5.96. The van der Waals surface area contributed by atoms with Gasteiger partial charge in [0.1, 0.15) is 5.75 Å². The molecular formula is C14H21ClN2O3. The van der Waals surface area contributed by atoms with Crippen LogP contribution >= 0.6 is 12.4 Å². The van der Waals surface area contributed by atoms with Crippen molar-refractivity contribution in [1.82, 2.24) is 5.32 Å². The van der Waals surface area contributed by atoms with E-state index in [4.69, 9.17) is 9.47 Å². The van der Waals surface area contributed by atoms with E-state index < -0.39 is 0 Å². The fourth-order valence-electron chi connectivity index (χ4n) is 2.23.